The Balaban J connectivity index is 1.63. The first kappa shape index (κ1) is 22.3. The Labute approximate surface area is 204 Å². The first-order chi connectivity index (χ1) is 15.6. The van der Waals surface area contributed by atoms with Crippen LogP contribution in [0.5, 0.6) is 11.5 Å². The van der Waals surface area contributed by atoms with E-state index in [0.29, 0.717) is 40.3 Å². The fraction of sp³-hybridized carbons (Fsp3) is 0.0741. The third-order valence-corrected chi connectivity index (χ3v) is 5.94. The van der Waals surface area contributed by atoms with E-state index < -0.39 is 0 Å². The molecule has 0 aliphatic heterocycles. The molecule has 4 aromatic carbocycles. The van der Waals surface area contributed by atoms with Gasteiger partial charge in [0.25, 0.3) is 0 Å². The summed E-state index contributed by atoms with van der Waals surface area (Å²) in [5.41, 5.74) is 3.00. The molecule has 160 valence electrons. The average molecular weight is 552 g/mol. The number of hydrogen-bond acceptors (Lipinski definition) is 3. The molecule has 0 N–H and O–H groups in total. The highest BCUT2D eigenvalue weighted by atomic mass is 79.9. The standard InChI is InChI=1S/C27H20Br2O3/c28-21-15-23(29)26(25(16-21)32-18-20-11-5-2-6-12-20)27(30)22-13-7-8-14-24(22)31-17-19-9-3-1-4-10-19/h1-16H,17-18H2. The summed E-state index contributed by atoms with van der Waals surface area (Å²) in [5.74, 6) is 0.860. The van der Waals surface area contributed by atoms with Gasteiger partial charge in [0.1, 0.15) is 24.7 Å². The van der Waals surface area contributed by atoms with Gasteiger partial charge in [0, 0.05) is 8.95 Å². The van der Waals surface area contributed by atoms with Gasteiger partial charge in [-0.05, 0) is 51.3 Å². The van der Waals surface area contributed by atoms with Crippen molar-refractivity contribution in [3.05, 3.63) is 128 Å². The van der Waals surface area contributed by atoms with E-state index in [9.17, 15) is 4.79 Å². The summed E-state index contributed by atoms with van der Waals surface area (Å²) < 4.78 is 13.6. The van der Waals surface area contributed by atoms with E-state index >= 15 is 0 Å². The Bertz CT molecular complexity index is 1210. The number of benzene rings is 4. The highest BCUT2D eigenvalue weighted by Crippen LogP contribution is 2.35. The molecule has 0 aliphatic carbocycles. The van der Waals surface area contributed by atoms with Crippen LogP contribution in [0.2, 0.25) is 0 Å². The van der Waals surface area contributed by atoms with Crippen molar-refractivity contribution >= 4 is 37.6 Å². The minimum atomic E-state index is -0.170. The Kier molecular flexibility index (Phi) is 7.40. The summed E-state index contributed by atoms with van der Waals surface area (Å²) in [6, 6.07) is 30.7. The Morgan fingerprint density at radius 2 is 1.19 bits per heavy atom. The highest BCUT2D eigenvalue weighted by molar-refractivity contribution is 9.11. The van der Waals surface area contributed by atoms with Gasteiger partial charge in [-0.1, -0.05) is 88.7 Å². The summed E-state index contributed by atoms with van der Waals surface area (Å²) >= 11 is 7.05. The number of ketones is 1. The van der Waals surface area contributed by atoms with Crippen LogP contribution in [0.1, 0.15) is 27.0 Å². The largest absolute Gasteiger partial charge is 0.488 e. The van der Waals surface area contributed by atoms with E-state index in [1.807, 2.05) is 91.0 Å². The van der Waals surface area contributed by atoms with Crippen molar-refractivity contribution in [3.8, 4) is 11.5 Å². The average Bonchev–Trinajstić information content (AvgIpc) is 2.82. The molecular formula is C27H20Br2O3. The number of ether oxygens (including phenoxy) is 2. The van der Waals surface area contributed by atoms with Gasteiger partial charge < -0.3 is 9.47 Å². The summed E-state index contributed by atoms with van der Waals surface area (Å²) in [7, 11) is 0. The zero-order valence-electron chi connectivity index (χ0n) is 17.1. The van der Waals surface area contributed by atoms with E-state index in [0.717, 1.165) is 15.6 Å². The van der Waals surface area contributed by atoms with Crippen LogP contribution < -0.4 is 9.47 Å². The third kappa shape index (κ3) is 5.47. The van der Waals surface area contributed by atoms with Crippen LogP contribution in [0.15, 0.2) is 106 Å². The van der Waals surface area contributed by atoms with Gasteiger partial charge in [0.15, 0.2) is 0 Å². The third-order valence-electron chi connectivity index (χ3n) is 4.85. The van der Waals surface area contributed by atoms with E-state index in [1.54, 1.807) is 6.07 Å². The van der Waals surface area contributed by atoms with Gasteiger partial charge in [-0.25, -0.2) is 0 Å². The molecule has 32 heavy (non-hydrogen) atoms. The van der Waals surface area contributed by atoms with E-state index in [1.165, 1.54) is 0 Å². The van der Waals surface area contributed by atoms with Crippen molar-refractivity contribution < 1.29 is 14.3 Å². The van der Waals surface area contributed by atoms with Crippen molar-refractivity contribution in [3.63, 3.8) is 0 Å². The second-order valence-electron chi connectivity index (χ2n) is 7.13. The van der Waals surface area contributed by atoms with Crippen molar-refractivity contribution in [2.45, 2.75) is 13.2 Å². The minimum absolute atomic E-state index is 0.170. The summed E-state index contributed by atoms with van der Waals surface area (Å²) in [6.45, 7) is 0.736. The molecular weight excluding hydrogens is 532 g/mol. The molecule has 5 heteroatoms. The van der Waals surface area contributed by atoms with Crippen molar-refractivity contribution in [2.24, 2.45) is 0 Å². The Morgan fingerprint density at radius 3 is 1.81 bits per heavy atom. The molecule has 0 amide bonds. The van der Waals surface area contributed by atoms with Crippen LogP contribution in [0, 0.1) is 0 Å². The second kappa shape index (κ2) is 10.6. The van der Waals surface area contributed by atoms with Crippen LogP contribution in [-0.4, -0.2) is 5.78 Å². The zero-order valence-corrected chi connectivity index (χ0v) is 20.3. The van der Waals surface area contributed by atoms with Gasteiger partial charge in [-0.2, -0.15) is 0 Å². The van der Waals surface area contributed by atoms with Crippen LogP contribution in [0.3, 0.4) is 0 Å². The molecule has 4 aromatic rings. The summed E-state index contributed by atoms with van der Waals surface area (Å²) in [4.78, 5) is 13.6. The number of carbonyl (C=O) groups is 1. The molecule has 0 heterocycles. The Morgan fingerprint density at radius 1 is 0.656 bits per heavy atom. The normalized spacial score (nSPS) is 10.6. The van der Waals surface area contributed by atoms with Gasteiger partial charge in [0.05, 0.1) is 11.1 Å². The SMILES string of the molecule is O=C(c1ccccc1OCc1ccccc1)c1c(Br)cc(Br)cc1OCc1ccccc1. The van der Waals surface area contributed by atoms with Gasteiger partial charge in [-0.15, -0.1) is 0 Å². The van der Waals surface area contributed by atoms with Crippen molar-refractivity contribution in [1.82, 2.24) is 0 Å². The predicted octanol–water partition coefficient (Wildman–Crippen LogP) is 7.60. The van der Waals surface area contributed by atoms with E-state index in [-0.39, 0.29) is 5.78 Å². The molecule has 0 saturated carbocycles. The lowest BCUT2D eigenvalue weighted by Crippen LogP contribution is -2.09. The van der Waals surface area contributed by atoms with Crippen LogP contribution in [0.4, 0.5) is 0 Å². The predicted molar refractivity (Wildman–Crippen MR) is 133 cm³/mol. The van der Waals surface area contributed by atoms with Gasteiger partial charge in [-0.3, -0.25) is 4.79 Å². The Hall–Kier alpha value is -2.89. The first-order valence-corrected chi connectivity index (χ1v) is 11.7. The molecule has 3 nitrogen and oxygen atoms in total. The molecule has 0 spiro atoms. The fourth-order valence-electron chi connectivity index (χ4n) is 3.27. The maximum absolute atomic E-state index is 13.6. The van der Waals surface area contributed by atoms with E-state index in [2.05, 4.69) is 31.9 Å². The quantitative estimate of drug-likeness (QED) is 0.211. The number of hydrogen-bond donors (Lipinski definition) is 0. The molecule has 4 rings (SSSR count). The lowest BCUT2D eigenvalue weighted by Gasteiger charge is -2.16. The maximum atomic E-state index is 13.6. The van der Waals surface area contributed by atoms with Crippen LogP contribution >= 0.6 is 31.9 Å². The highest BCUT2D eigenvalue weighted by Gasteiger charge is 2.22. The maximum Gasteiger partial charge on any atom is 0.201 e. The van der Waals surface area contributed by atoms with Crippen LogP contribution in [-0.2, 0) is 13.2 Å². The zero-order chi connectivity index (χ0) is 22.3. The minimum Gasteiger partial charge on any atom is -0.488 e. The van der Waals surface area contributed by atoms with Crippen molar-refractivity contribution in [1.29, 1.82) is 0 Å². The molecule has 0 radical (unpaired) electrons. The number of para-hydroxylation sites is 1. The van der Waals surface area contributed by atoms with E-state index in [4.69, 9.17) is 9.47 Å². The second-order valence-corrected chi connectivity index (χ2v) is 8.90. The first-order valence-electron chi connectivity index (χ1n) is 10.1. The number of carbonyl (C=O) groups excluding carboxylic acids is 1. The van der Waals surface area contributed by atoms with Gasteiger partial charge >= 0.3 is 0 Å². The molecule has 0 atom stereocenters. The molecule has 0 saturated heterocycles. The van der Waals surface area contributed by atoms with Crippen LogP contribution in [0.25, 0.3) is 0 Å². The molecule has 0 fully saturated rings. The summed E-state index contributed by atoms with van der Waals surface area (Å²) in [6.07, 6.45) is 0. The van der Waals surface area contributed by atoms with Crippen molar-refractivity contribution in [2.75, 3.05) is 0 Å². The lowest BCUT2D eigenvalue weighted by molar-refractivity contribution is 0.102. The molecule has 0 bridgehead atoms. The number of rotatable bonds is 8. The molecule has 0 aromatic heterocycles. The molecule has 0 aliphatic rings. The van der Waals surface area contributed by atoms with Gasteiger partial charge in [0.2, 0.25) is 5.78 Å². The monoisotopic (exact) mass is 550 g/mol. The topological polar surface area (TPSA) is 35.5 Å². The fourth-order valence-corrected chi connectivity index (χ4v) is 4.64. The lowest BCUT2D eigenvalue weighted by atomic mass is 10.0. The molecule has 0 unspecified atom stereocenters. The number of halogens is 2. The summed E-state index contributed by atoms with van der Waals surface area (Å²) in [5, 5.41) is 0. The smallest absolute Gasteiger partial charge is 0.201 e.